The Labute approximate surface area is 125 Å². The van der Waals surface area contributed by atoms with Crippen LogP contribution in [0.25, 0.3) is 11.2 Å². The van der Waals surface area contributed by atoms with Crippen molar-refractivity contribution in [2.24, 2.45) is 0 Å². The number of aromatic carboxylic acids is 1. The van der Waals surface area contributed by atoms with Crippen LogP contribution in [0.5, 0.6) is 0 Å². The molecule has 0 atom stereocenters. The molecule has 0 spiro atoms. The Hall–Kier alpha value is -3.00. The molecule has 3 rings (SSSR count). The lowest BCUT2D eigenvalue weighted by Gasteiger charge is -2.09. The van der Waals surface area contributed by atoms with E-state index >= 15 is 0 Å². The molecule has 8 nitrogen and oxygen atoms in total. The van der Waals surface area contributed by atoms with Gasteiger partial charge in [-0.3, -0.25) is 0 Å². The number of carboxylic acids is 1. The van der Waals surface area contributed by atoms with E-state index in [-0.39, 0.29) is 12.2 Å². The highest BCUT2D eigenvalue weighted by Crippen LogP contribution is 2.24. The molecule has 3 N–H and O–H groups in total. The summed E-state index contributed by atoms with van der Waals surface area (Å²) < 4.78 is 1.70. The second-order valence-electron chi connectivity index (χ2n) is 4.53. The van der Waals surface area contributed by atoms with Gasteiger partial charge >= 0.3 is 5.97 Å². The molecule has 0 saturated heterocycles. The normalized spacial score (nSPS) is 10.8. The van der Waals surface area contributed by atoms with Crippen molar-refractivity contribution in [2.75, 3.05) is 11.9 Å². The van der Waals surface area contributed by atoms with E-state index in [2.05, 4.69) is 20.3 Å². The Morgan fingerprint density at radius 1 is 1.23 bits per heavy atom. The van der Waals surface area contributed by atoms with E-state index in [9.17, 15) is 9.90 Å². The number of rotatable bonds is 5. The first-order valence-electron chi connectivity index (χ1n) is 6.56. The summed E-state index contributed by atoms with van der Waals surface area (Å²) in [6, 6.07) is 6.55. The summed E-state index contributed by atoms with van der Waals surface area (Å²) in [5, 5.41) is 21.2. The highest BCUT2D eigenvalue weighted by Gasteiger charge is 2.13. The van der Waals surface area contributed by atoms with E-state index in [0.29, 0.717) is 29.2 Å². The molecule has 22 heavy (non-hydrogen) atoms. The van der Waals surface area contributed by atoms with Gasteiger partial charge in [-0.25, -0.2) is 19.7 Å². The average molecular weight is 299 g/mol. The number of benzene rings is 1. The van der Waals surface area contributed by atoms with Crippen molar-refractivity contribution in [2.45, 2.75) is 6.54 Å². The Morgan fingerprint density at radius 2 is 2.05 bits per heavy atom. The summed E-state index contributed by atoms with van der Waals surface area (Å²) in [4.78, 5) is 23.7. The Morgan fingerprint density at radius 3 is 2.82 bits per heavy atom. The smallest absolute Gasteiger partial charge is 0.337 e. The van der Waals surface area contributed by atoms with Crippen molar-refractivity contribution in [3.05, 3.63) is 42.5 Å². The minimum Gasteiger partial charge on any atom is -0.478 e. The predicted molar refractivity (Wildman–Crippen MR) is 79.1 cm³/mol. The second-order valence-corrected chi connectivity index (χ2v) is 4.53. The summed E-state index contributed by atoms with van der Waals surface area (Å²) in [7, 11) is 0. The lowest BCUT2D eigenvalue weighted by atomic mass is 10.2. The highest BCUT2D eigenvalue weighted by molar-refractivity contribution is 5.96. The molecule has 0 aliphatic heterocycles. The fraction of sp³-hybridized carbons (Fsp3) is 0.143. The van der Waals surface area contributed by atoms with Crippen molar-refractivity contribution >= 4 is 28.6 Å². The molecule has 0 saturated carbocycles. The van der Waals surface area contributed by atoms with E-state index in [4.69, 9.17) is 5.11 Å². The molecular formula is C14H13N5O3. The predicted octanol–water partition coefficient (Wildman–Crippen LogP) is 1.26. The van der Waals surface area contributed by atoms with E-state index in [1.165, 1.54) is 12.4 Å². The monoisotopic (exact) mass is 299 g/mol. The van der Waals surface area contributed by atoms with Gasteiger partial charge in [0, 0.05) is 6.54 Å². The molecule has 8 heteroatoms. The second kappa shape index (κ2) is 5.78. The van der Waals surface area contributed by atoms with Crippen molar-refractivity contribution < 1.29 is 15.0 Å². The van der Waals surface area contributed by atoms with Crippen LogP contribution < -0.4 is 5.32 Å². The van der Waals surface area contributed by atoms with Crippen LogP contribution >= 0.6 is 0 Å². The number of anilines is 2. The Bertz CT molecular complexity index is 830. The molecule has 0 aliphatic carbocycles. The molecule has 3 aromatic rings. The van der Waals surface area contributed by atoms with Crippen molar-refractivity contribution in [3.8, 4) is 0 Å². The molecule has 1 aromatic carbocycles. The van der Waals surface area contributed by atoms with Gasteiger partial charge in [0.05, 0.1) is 24.2 Å². The number of fused-ring (bicyclic) bond motifs is 1. The number of carbonyl (C=O) groups is 1. The van der Waals surface area contributed by atoms with Crippen LogP contribution in [0.1, 0.15) is 10.4 Å². The molecule has 0 bridgehead atoms. The number of imidazole rings is 1. The van der Waals surface area contributed by atoms with Gasteiger partial charge in [-0.05, 0) is 12.1 Å². The van der Waals surface area contributed by atoms with Gasteiger partial charge in [-0.15, -0.1) is 0 Å². The molecular weight excluding hydrogens is 286 g/mol. The maximum Gasteiger partial charge on any atom is 0.337 e. The highest BCUT2D eigenvalue weighted by atomic mass is 16.4. The van der Waals surface area contributed by atoms with Gasteiger partial charge in [-0.2, -0.15) is 0 Å². The van der Waals surface area contributed by atoms with Crippen molar-refractivity contribution in [1.29, 1.82) is 0 Å². The molecule has 112 valence electrons. The first kappa shape index (κ1) is 14.0. The molecule has 0 fully saturated rings. The minimum absolute atomic E-state index is 0.0277. The third-order valence-electron chi connectivity index (χ3n) is 3.15. The van der Waals surface area contributed by atoms with Crippen LogP contribution in [0.2, 0.25) is 0 Å². The number of carboxylic acid groups (broad SMARTS) is 1. The summed E-state index contributed by atoms with van der Waals surface area (Å²) >= 11 is 0. The first-order valence-corrected chi connectivity index (χ1v) is 6.56. The fourth-order valence-corrected chi connectivity index (χ4v) is 2.15. The lowest BCUT2D eigenvalue weighted by Crippen LogP contribution is -2.05. The average Bonchev–Trinajstić information content (AvgIpc) is 2.92. The zero-order chi connectivity index (χ0) is 15.5. The molecule has 0 unspecified atom stereocenters. The van der Waals surface area contributed by atoms with Gasteiger partial charge in [0.25, 0.3) is 0 Å². The van der Waals surface area contributed by atoms with Crippen LogP contribution in [0.3, 0.4) is 0 Å². The first-order chi connectivity index (χ1) is 10.7. The van der Waals surface area contributed by atoms with Crippen LogP contribution in [-0.2, 0) is 6.54 Å². The van der Waals surface area contributed by atoms with Gasteiger partial charge in [-0.1, -0.05) is 12.1 Å². The number of hydrogen-bond acceptors (Lipinski definition) is 6. The quantitative estimate of drug-likeness (QED) is 0.650. The number of aliphatic hydroxyl groups excluding tert-OH is 1. The standard InChI is InChI=1S/C14H13N5O3/c20-6-5-19-8-17-11-12(15-7-16-13(11)19)18-10-4-2-1-3-9(10)14(21)22/h1-4,7-8,20H,5-6H2,(H,21,22)(H,15,16,18). The number of hydrogen-bond donors (Lipinski definition) is 3. The minimum atomic E-state index is -1.03. The van der Waals surface area contributed by atoms with E-state index in [1.807, 2.05) is 0 Å². The van der Waals surface area contributed by atoms with Crippen molar-refractivity contribution in [1.82, 2.24) is 19.5 Å². The van der Waals surface area contributed by atoms with E-state index < -0.39 is 5.97 Å². The van der Waals surface area contributed by atoms with Gasteiger partial charge < -0.3 is 20.1 Å². The zero-order valence-electron chi connectivity index (χ0n) is 11.5. The van der Waals surface area contributed by atoms with E-state index in [1.54, 1.807) is 29.1 Å². The molecule has 2 heterocycles. The molecule has 0 aliphatic rings. The molecule has 0 amide bonds. The number of nitrogens with zero attached hydrogens (tertiary/aromatic N) is 4. The maximum atomic E-state index is 11.2. The fourth-order valence-electron chi connectivity index (χ4n) is 2.15. The topological polar surface area (TPSA) is 113 Å². The van der Waals surface area contributed by atoms with Crippen LogP contribution in [-0.4, -0.2) is 42.3 Å². The number of aliphatic hydroxyl groups is 1. The van der Waals surface area contributed by atoms with Crippen LogP contribution in [0.4, 0.5) is 11.5 Å². The maximum absolute atomic E-state index is 11.2. The Kier molecular flexibility index (Phi) is 3.67. The third kappa shape index (κ3) is 2.47. The summed E-state index contributed by atoms with van der Waals surface area (Å²) in [5.74, 6) is -0.616. The summed E-state index contributed by atoms with van der Waals surface area (Å²) in [5.41, 5.74) is 1.64. The molecule has 0 radical (unpaired) electrons. The van der Waals surface area contributed by atoms with Gasteiger partial charge in [0.1, 0.15) is 6.33 Å². The van der Waals surface area contributed by atoms with Gasteiger partial charge in [0.15, 0.2) is 17.0 Å². The molecule has 2 aromatic heterocycles. The largest absolute Gasteiger partial charge is 0.478 e. The van der Waals surface area contributed by atoms with Gasteiger partial charge in [0.2, 0.25) is 0 Å². The number of nitrogens with one attached hydrogen (secondary N) is 1. The number of aromatic nitrogens is 4. The SMILES string of the molecule is O=C(O)c1ccccc1Nc1ncnc2c1ncn2CCO. The summed E-state index contributed by atoms with van der Waals surface area (Å²) in [6.45, 7) is 0.346. The van der Waals surface area contributed by atoms with Crippen LogP contribution in [0.15, 0.2) is 36.9 Å². The Balaban J connectivity index is 2.03. The summed E-state index contributed by atoms with van der Waals surface area (Å²) in [6.07, 6.45) is 2.92. The van der Waals surface area contributed by atoms with E-state index in [0.717, 1.165) is 0 Å². The van der Waals surface area contributed by atoms with Crippen LogP contribution in [0, 0.1) is 0 Å². The zero-order valence-corrected chi connectivity index (χ0v) is 11.5. The van der Waals surface area contributed by atoms with Crippen molar-refractivity contribution in [3.63, 3.8) is 0 Å². The lowest BCUT2D eigenvalue weighted by molar-refractivity contribution is 0.0698. The third-order valence-corrected chi connectivity index (χ3v) is 3.15. The number of para-hydroxylation sites is 1.